The van der Waals surface area contributed by atoms with Crippen LogP contribution in [-0.4, -0.2) is 74.9 Å². The predicted molar refractivity (Wildman–Crippen MR) is 206 cm³/mol. The van der Waals surface area contributed by atoms with E-state index in [1.165, 1.54) is 38.5 Å². The number of nitrogens with zero attached hydrogens (tertiary/aromatic N) is 1. The lowest BCUT2D eigenvalue weighted by molar-refractivity contribution is -0.870. The molecule has 0 saturated carbocycles. The minimum atomic E-state index is -4.41. The highest BCUT2D eigenvalue weighted by Crippen LogP contribution is 2.43. The molecule has 0 aliphatic rings. The maximum Gasteiger partial charge on any atom is 0.472 e. The number of hydrogen-bond acceptors (Lipinski definition) is 7. The van der Waals surface area contributed by atoms with E-state index in [-0.39, 0.29) is 26.1 Å². The van der Waals surface area contributed by atoms with E-state index in [1.54, 1.807) is 0 Å². The van der Waals surface area contributed by atoms with Gasteiger partial charge in [-0.2, -0.15) is 0 Å². The molecule has 0 spiro atoms. The highest BCUT2D eigenvalue weighted by atomic mass is 31.2. The molecule has 0 aliphatic heterocycles. The number of phosphoric acid groups is 1. The second-order valence-corrected chi connectivity index (χ2v) is 16.3. The number of hydrogen-bond donors (Lipinski definition) is 1. The number of likely N-dealkylation sites (N-methyl/N-ethyl adjacent to an activating group) is 1. The van der Waals surface area contributed by atoms with Crippen LogP contribution in [0.2, 0.25) is 0 Å². The molecule has 0 aromatic heterocycles. The zero-order valence-electron chi connectivity index (χ0n) is 38.4. The number of unbranched alkanes of at least 4 members (excludes halogenated alkanes) is 22. The highest BCUT2D eigenvalue weighted by molar-refractivity contribution is 7.47. The molecule has 0 rings (SSSR count). The van der Waals surface area contributed by atoms with Crippen molar-refractivity contribution in [3.63, 3.8) is 0 Å². The fourth-order valence-corrected chi connectivity index (χ4v) is 6.33. The summed E-state index contributed by atoms with van der Waals surface area (Å²) in [5.74, 6) is -0.888. The Labute approximate surface area is 316 Å². The summed E-state index contributed by atoms with van der Waals surface area (Å²) in [6.07, 6.45) is 24.8. The summed E-state index contributed by atoms with van der Waals surface area (Å²) in [7, 11) is 1.38. The van der Waals surface area contributed by atoms with Crippen LogP contribution < -0.4 is 0 Å². The van der Waals surface area contributed by atoms with Gasteiger partial charge in [-0.25, -0.2) is 4.57 Å². The lowest BCUT2D eigenvalue weighted by Gasteiger charge is -2.24. The number of carbonyl (C=O) groups is 2. The van der Waals surface area contributed by atoms with E-state index in [0.717, 1.165) is 103 Å². The topological polar surface area (TPSA) is 108 Å². The molecule has 0 bridgehead atoms. The number of rotatable bonds is 38. The van der Waals surface area contributed by atoms with Crippen LogP contribution in [0.3, 0.4) is 0 Å². The first-order valence-electron chi connectivity index (χ1n) is 23.1. The van der Waals surface area contributed by atoms with E-state index in [9.17, 15) is 19.0 Å². The van der Waals surface area contributed by atoms with Crippen molar-refractivity contribution in [2.75, 3.05) is 47.5 Å². The fraction of sp³-hybridized carbons (Fsp3) is 0.950. The van der Waals surface area contributed by atoms with Gasteiger partial charge < -0.3 is 18.9 Å². The van der Waals surface area contributed by atoms with Crippen molar-refractivity contribution in [3.8, 4) is 0 Å². The van der Waals surface area contributed by atoms with Gasteiger partial charge in [-0.15, -0.1) is 0 Å². The molecule has 1 N–H and O–H groups in total. The van der Waals surface area contributed by atoms with E-state index in [0.29, 0.717) is 36.7 Å². The third kappa shape index (κ3) is 36.8. The monoisotopic (exact) mass is 741 g/mol. The Balaban J connectivity index is 4.31. The fourth-order valence-electron chi connectivity index (χ4n) is 5.59. The van der Waals surface area contributed by atoms with E-state index in [4.69, 9.17) is 26.7 Å². The van der Waals surface area contributed by atoms with Crippen molar-refractivity contribution in [2.45, 2.75) is 200 Å². The first-order chi connectivity index (χ1) is 26.3. The summed E-state index contributed by atoms with van der Waals surface area (Å²) >= 11 is 0. The van der Waals surface area contributed by atoms with Gasteiger partial charge in [0.25, 0.3) is 0 Å². The Kier molecular flexibility index (Phi) is 26.2. The maximum atomic E-state index is 12.7. The Morgan fingerprint density at radius 2 is 0.960 bits per heavy atom. The van der Waals surface area contributed by atoms with E-state index < -0.39 is 46.2 Å². The maximum absolute atomic E-state index is 12.7. The van der Waals surface area contributed by atoms with Gasteiger partial charge >= 0.3 is 19.8 Å². The summed E-state index contributed by atoms with van der Waals surface area (Å²) < 4.78 is 77.7. The van der Waals surface area contributed by atoms with Crippen molar-refractivity contribution in [1.82, 2.24) is 0 Å². The molecular weight excluding hydrogens is 653 g/mol. The Morgan fingerprint density at radius 3 is 1.36 bits per heavy atom. The number of phosphoric ester groups is 1. The van der Waals surface area contributed by atoms with Gasteiger partial charge in [0, 0.05) is 21.1 Å². The van der Waals surface area contributed by atoms with Gasteiger partial charge in [-0.1, -0.05) is 168 Å². The molecule has 0 aliphatic carbocycles. The Hall–Kier alpha value is -0.990. The lowest BCUT2D eigenvalue weighted by Crippen LogP contribution is -2.37. The summed E-state index contributed by atoms with van der Waals surface area (Å²) in [6.45, 7) is -3.83. The zero-order chi connectivity index (χ0) is 42.2. The standard InChI is InChI=1S/C40H80NO8P/c1-6-8-10-12-14-16-18-20-22-24-26-28-30-32-39(42)46-36-38(37-48-50(44,45)47-35-34-41(3,4)5)49-40(43)33-31-29-27-25-23-21-19-17-15-13-11-9-7-2/h38H,6-37H2,1-5H3/p+1/i1D3,2D3. The first kappa shape index (κ1) is 38.7. The molecule has 2 unspecified atom stereocenters. The van der Waals surface area contributed by atoms with Gasteiger partial charge in [-0.05, 0) is 12.8 Å². The molecule has 0 fully saturated rings. The first-order valence-corrected chi connectivity index (χ1v) is 21.5. The van der Waals surface area contributed by atoms with Crippen molar-refractivity contribution < 1.29 is 50.3 Å². The smallest absolute Gasteiger partial charge is 0.462 e. The number of carbonyl (C=O) groups excluding carboxylic acids is 2. The normalized spacial score (nSPS) is 15.9. The molecule has 0 saturated heterocycles. The number of esters is 2. The molecule has 10 heteroatoms. The molecule has 9 nitrogen and oxygen atoms in total. The largest absolute Gasteiger partial charge is 0.472 e. The van der Waals surface area contributed by atoms with Crippen LogP contribution in [0.15, 0.2) is 0 Å². The minimum Gasteiger partial charge on any atom is -0.462 e. The van der Waals surface area contributed by atoms with Crippen LogP contribution in [0, 0.1) is 0 Å². The molecule has 0 aromatic rings. The second kappa shape index (κ2) is 33.8. The molecule has 50 heavy (non-hydrogen) atoms. The van der Waals surface area contributed by atoms with Gasteiger partial charge in [0.1, 0.15) is 19.8 Å². The lowest BCUT2D eigenvalue weighted by atomic mass is 10.0. The number of ether oxygens (including phenoxy) is 2. The molecule has 2 atom stereocenters. The summed E-state index contributed by atoms with van der Waals surface area (Å²) in [4.78, 5) is 35.3. The average molecular weight is 741 g/mol. The molecule has 0 radical (unpaired) electrons. The van der Waals surface area contributed by atoms with E-state index >= 15 is 0 Å². The van der Waals surface area contributed by atoms with Crippen LogP contribution in [0.5, 0.6) is 0 Å². The van der Waals surface area contributed by atoms with Crippen molar-refractivity contribution in [1.29, 1.82) is 0 Å². The van der Waals surface area contributed by atoms with Crippen LogP contribution in [0.4, 0.5) is 0 Å². The third-order valence-corrected chi connectivity index (χ3v) is 9.77. The van der Waals surface area contributed by atoms with E-state index in [1.807, 2.05) is 21.1 Å². The molecular formula is C40H81NO8P+. The Bertz CT molecular complexity index is 1030. The molecule has 0 aromatic carbocycles. The van der Waals surface area contributed by atoms with Gasteiger partial charge in [0.05, 0.1) is 27.7 Å². The predicted octanol–water partition coefficient (Wildman–Crippen LogP) is 11.2. The quantitative estimate of drug-likeness (QED) is 0.0288. The summed E-state index contributed by atoms with van der Waals surface area (Å²) in [5.41, 5.74) is 0. The van der Waals surface area contributed by atoms with Gasteiger partial charge in [0.2, 0.25) is 0 Å². The van der Waals surface area contributed by atoms with Crippen LogP contribution in [0.25, 0.3) is 0 Å². The van der Waals surface area contributed by atoms with Crippen LogP contribution >= 0.6 is 7.82 Å². The minimum absolute atomic E-state index is 0.00429. The number of quaternary nitrogens is 1. The summed E-state index contributed by atoms with van der Waals surface area (Å²) in [5, 5.41) is 0. The second-order valence-electron chi connectivity index (χ2n) is 14.9. The zero-order valence-corrected chi connectivity index (χ0v) is 33.3. The highest BCUT2D eigenvalue weighted by Gasteiger charge is 2.27. The van der Waals surface area contributed by atoms with Crippen LogP contribution in [-0.2, 0) is 32.7 Å². The SMILES string of the molecule is [2H]C([2H])([2H])CCCCCCCCCCCCCCC(=O)OCC(COP(=O)(O)OCC[N+](C)(C)C)OC(=O)CCCCCCCCCCCCCCC([2H])([2H])[2H]. The molecule has 0 amide bonds. The Morgan fingerprint density at radius 1 is 0.580 bits per heavy atom. The van der Waals surface area contributed by atoms with Crippen molar-refractivity contribution in [2.24, 2.45) is 0 Å². The van der Waals surface area contributed by atoms with Crippen LogP contribution in [0.1, 0.15) is 202 Å². The van der Waals surface area contributed by atoms with Gasteiger partial charge in [0.15, 0.2) is 6.10 Å². The average Bonchev–Trinajstić information content (AvgIpc) is 3.08. The molecule has 298 valence electrons. The van der Waals surface area contributed by atoms with Gasteiger partial charge in [-0.3, -0.25) is 18.6 Å². The summed E-state index contributed by atoms with van der Waals surface area (Å²) in [6, 6.07) is 0. The van der Waals surface area contributed by atoms with E-state index in [2.05, 4.69) is 0 Å². The molecule has 0 heterocycles. The van der Waals surface area contributed by atoms with Crippen molar-refractivity contribution >= 4 is 19.8 Å². The van der Waals surface area contributed by atoms with Crippen molar-refractivity contribution in [3.05, 3.63) is 0 Å². The third-order valence-electron chi connectivity index (χ3n) is 8.78.